The lowest BCUT2D eigenvalue weighted by atomic mass is 10.2. The van der Waals surface area contributed by atoms with Crippen LogP contribution >= 0.6 is 7.82 Å². The highest BCUT2D eigenvalue weighted by molar-refractivity contribution is 7.89. The normalized spacial score (nSPS) is 17.1. The van der Waals surface area contributed by atoms with Gasteiger partial charge in [0, 0.05) is 36.6 Å². The van der Waals surface area contributed by atoms with Crippen molar-refractivity contribution in [2.45, 2.75) is 18.0 Å². The molecule has 1 aliphatic heterocycles. The van der Waals surface area contributed by atoms with E-state index < -0.39 is 30.1 Å². The number of nitrogens with one attached hydrogen (secondary N) is 1. The molecule has 0 unspecified atom stereocenters. The summed E-state index contributed by atoms with van der Waals surface area (Å²) in [5.74, 6) is 0. The van der Waals surface area contributed by atoms with E-state index in [4.69, 9.17) is 9.79 Å². The summed E-state index contributed by atoms with van der Waals surface area (Å²) in [6.45, 7) is 1.38. The van der Waals surface area contributed by atoms with Crippen LogP contribution in [0.1, 0.15) is 6.42 Å². The summed E-state index contributed by atoms with van der Waals surface area (Å²) >= 11 is 0. The second-order valence-electron chi connectivity index (χ2n) is 6.06. The van der Waals surface area contributed by atoms with E-state index >= 15 is 0 Å². The standard InChI is InChI=1S/C15H20N3O7PS/c19-15-13-3-1-4-14(27(23,24)18-8-2-6-16-7-10-18)12(13)5-9-17(15)11-25-26(20,21)22/h1,3-5,9,16H,2,6-8,10-11H2,(H2,20,21,22). The number of fused-ring (bicyclic) bond motifs is 1. The molecule has 2 aromatic rings. The topological polar surface area (TPSA) is 138 Å². The van der Waals surface area contributed by atoms with Crippen molar-refractivity contribution in [2.24, 2.45) is 0 Å². The molecule has 1 aromatic carbocycles. The van der Waals surface area contributed by atoms with Gasteiger partial charge >= 0.3 is 7.82 Å². The van der Waals surface area contributed by atoms with Gasteiger partial charge in [-0.05, 0) is 31.2 Å². The molecule has 0 spiro atoms. The van der Waals surface area contributed by atoms with E-state index in [9.17, 15) is 17.8 Å². The largest absolute Gasteiger partial charge is 0.471 e. The Hall–Kier alpha value is -1.59. The van der Waals surface area contributed by atoms with E-state index in [0.29, 0.717) is 26.1 Å². The lowest BCUT2D eigenvalue weighted by Gasteiger charge is -2.20. The predicted octanol–water partition coefficient (Wildman–Crippen LogP) is 0.0523. The summed E-state index contributed by atoms with van der Waals surface area (Å²) in [6.07, 6.45) is 1.94. The van der Waals surface area contributed by atoms with Crippen molar-refractivity contribution >= 4 is 28.6 Å². The molecule has 3 rings (SSSR count). The minimum absolute atomic E-state index is 0.0297. The SMILES string of the molecule is O=c1c2cccc(S(=O)(=O)N3CCCNCC3)c2ccn1COP(=O)(O)O. The van der Waals surface area contributed by atoms with Crippen molar-refractivity contribution in [3.63, 3.8) is 0 Å². The fraction of sp³-hybridized carbons (Fsp3) is 0.400. The van der Waals surface area contributed by atoms with Gasteiger partial charge in [0.25, 0.3) is 5.56 Å². The number of pyridine rings is 1. The second-order valence-corrected chi connectivity index (χ2v) is 9.21. The van der Waals surface area contributed by atoms with Crippen molar-refractivity contribution < 1.29 is 27.3 Å². The summed E-state index contributed by atoms with van der Waals surface area (Å²) in [7, 11) is -8.53. The summed E-state index contributed by atoms with van der Waals surface area (Å²) in [5, 5.41) is 3.53. The van der Waals surface area contributed by atoms with Crippen LogP contribution in [0.25, 0.3) is 10.8 Å². The zero-order chi connectivity index (χ0) is 19.7. The Morgan fingerprint density at radius 3 is 2.67 bits per heavy atom. The average molecular weight is 417 g/mol. The van der Waals surface area contributed by atoms with Crippen LogP contribution in [0.4, 0.5) is 0 Å². The first-order valence-electron chi connectivity index (χ1n) is 8.23. The Bertz CT molecular complexity index is 1040. The van der Waals surface area contributed by atoms with Crippen molar-refractivity contribution in [1.29, 1.82) is 0 Å². The van der Waals surface area contributed by atoms with Crippen molar-refractivity contribution in [2.75, 3.05) is 26.2 Å². The minimum Gasteiger partial charge on any atom is -0.315 e. The third-order valence-electron chi connectivity index (χ3n) is 4.26. The third-order valence-corrected chi connectivity index (χ3v) is 6.67. The number of phosphoric acid groups is 1. The zero-order valence-electron chi connectivity index (χ0n) is 14.3. The van der Waals surface area contributed by atoms with Gasteiger partial charge in [0.1, 0.15) is 6.73 Å². The first-order valence-corrected chi connectivity index (χ1v) is 11.2. The molecule has 0 saturated carbocycles. The van der Waals surface area contributed by atoms with E-state index in [1.54, 1.807) is 0 Å². The molecule has 1 aromatic heterocycles. The molecular weight excluding hydrogens is 397 g/mol. The Labute approximate surface area is 155 Å². The number of nitrogens with zero attached hydrogens (tertiary/aromatic N) is 2. The van der Waals surface area contributed by atoms with Gasteiger partial charge in [-0.3, -0.25) is 13.9 Å². The zero-order valence-corrected chi connectivity index (χ0v) is 16.0. The van der Waals surface area contributed by atoms with E-state index in [-0.39, 0.29) is 15.7 Å². The molecule has 1 saturated heterocycles. The van der Waals surface area contributed by atoms with Crippen LogP contribution in [-0.2, 0) is 25.8 Å². The molecule has 12 heteroatoms. The number of benzene rings is 1. The summed E-state index contributed by atoms with van der Waals surface area (Å²) < 4.78 is 43.7. The van der Waals surface area contributed by atoms with Gasteiger partial charge < -0.3 is 15.1 Å². The Morgan fingerprint density at radius 1 is 1.15 bits per heavy atom. The van der Waals surface area contributed by atoms with Crippen molar-refractivity contribution in [1.82, 2.24) is 14.2 Å². The first kappa shape index (κ1) is 20.2. The van der Waals surface area contributed by atoms with Gasteiger partial charge in [0.2, 0.25) is 10.0 Å². The maximum absolute atomic E-state index is 13.1. The Morgan fingerprint density at radius 2 is 1.93 bits per heavy atom. The van der Waals surface area contributed by atoms with Crippen LogP contribution in [0.2, 0.25) is 0 Å². The highest BCUT2D eigenvalue weighted by Gasteiger charge is 2.27. The number of rotatable bonds is 5. The lowest BCUT2D eigenvalue weighted by molar-refractivity contribution is 0.151. The van der Waals surface area contributed by atoms with Gasteiger partial charge in [-0.25, -0.2) is 13.0 Å². The lowest BCUT2D eigenvalue weighted by Crippen LogP contribution is -2.34. The van der Waals surface area contributed by atoms with Gasteiger partial charge in [0.15, 0.2) is 0 Å². The quantitative estimate of drug-likeness (QED) is 0.581. The van der Waals surface area contributed by atoms with Crippen LogP contribution in [0.5, 0.6) is 0 Å². The summed E-state index contributed by atoms with van der Waals surface area (Å²) in [4.78, 5) is 30.2. The molecule has 27 heavy (non-hydrogen) atoms. The van der Waals surface area contributed by atoms with Crippen molar-refractivity contribution in [3.05, 3.63) is 40.8 Å². The van der Waals surface area contributed by atoms with E-state index in [0.717, 1.165) is 11.1 Å². The molecule has 1 aliphatic rings. The van der Waals surface area contributed by atoms with Crippen LogP contribution < -0.4 is 10.9 Å². The Kier molecular flexibility index (Phi) is 5.82. The monoisotopic (exact) mass is 417 g/mol. The molecule has 0 bridgehead atoms. The highest BCUT2D eigenvalue weighted by atomic mass is 32.2. The molecule has 3 N–H and O–H groups in total. The van der Waals surface area contributed by atoms with E-state index in [1.807, 2.05) is 0 Å². The maximum Gasteiger partial charge on any atom is 0.471 e. The van der Waals surface area contributed by atoms with Gasteiger partial charge in [-0.15, -0.1) is 0 Å². The van der Waals surface area contributed by atoms with E-state index in [2.05, 4.69) is 9.84 Å². The minimum atomic E-state index is -4.74. The fourth-order valence-electron chi connectivity index (χ4n) is 2.95. The first-order chi connectivity index (χ1) is 12.7. The molecule has 1 fully saturated rings. The van der Waals surface area contributed by atoms with Gasteiger partial charge in [-0.1, -0.05) is 6.07 Å². The predicted molar refractivity (Wildman–Crippen MR) is 97.6 cm³/mol. The third kappa shape index (κ3) is 4.46. The second kappa shape index (κ2) is 7.80. The molecule has 10 nitrogen and oxygen atoms in total. The number of sulfonamides is 1. The van der Waals surface area contributed by atoms with Gasteiger partial charge in [0.05, 0.1) is 4.90 Å². The number of hydrogen-bond acceptors (Lipinski definition) is 6. The Balaban J connectivity index is 2.04. The summed E-state index contributed by atoms with van der Waals surface area (Å²) in [5.41, 5.74) is -0.601. The van der Waals surface area contributed by atoms with Gasteiger partial charge in [-0.2, -0.15) is 4.31 Å². The van der Waals surface area contributed by atoms with Crippen LogP contribution in [0.15, 0.2) is 40.2 Å². The number of aromatic nitrogens is 1. The molecule has 2 heterocycles. The molecule has 148 valence electrons. The molecule has 0 aliphatic carbocycles. The summed E-state index contributed by atoms with van der Waals surface area (Å²) in [6, 6.07) is 5.82. The molecule has 0 atom stereocenters. The van der Waals surface area contributed by atoms with Crippen LogP contribution in [0.3, 0.4) is 0 Å². The smallest absolute Gasteiger partial charge is 0.315 e. The van der Waals surface area contributed by atoms with Crippen molar-refractivity contribution in [3.8, 4) is 0 Å². The van der Waals surface area contributed by atoms with Crippen LogP contribution in [0, 0.1) is 0 Å². The average Bonchev–Trinajstić information content (AvgIpc) is 2.90. The fourth-order valence-corrected chi connectivity index (χ4v) is 4.91. The highest BCUT2D eigenvalue weighted by Crippen LogP contribution is 2.36. The molecule has 0 amide bonds. The van der Waals surface area contributed by atoms with Crippen LogP contribution in [-0.4, -0.2) is 53.3 Å². The maximum atomic E-state index is 13.1. The van der Waals surface area contributed by atoms with E-state index in [1.165, 1.54) is 34.8 Å². The molecule has 0 radical (unpaired) electrons. The molecular formula is C15H20N3O7PS. The number of phosphoric ester groups is 1. The number of hydrogen-bond donors (Lipinski definition) is 3.